The van der Waals surface area contributed by atoms with Gasteiger partial charge in [0.05, 0.1) is 24.1 Å². The smallest absolute Gasteiger partial charge is 0.295 e. The minimum absolute atomic E-state index is 0.0127. The molecule has 0 radical (unpaired) electrons. The molecule has 1 aliphatic heterocycles. The highest BCUT2D eigenvalue weighted by Gasteiger charge is 2.43. The van der Waals surface area contributed by atoms with E-state index in [-0.39, 0.29) is 22.5 Å². The van der Waals surface area contributed by atoms with Crippen LogP contribution in [0.25, 0.3) is 11.0 Å². The Labute approximate surface area is 198 Å². The van der Waals surface area contributed by atoms with Crippen molar-refractivity contribution >= 4 is 22.6 Å². The molecule has 1 aliphatic rings. The second-order valence-electron chi connectivity index (χ2n) is 9.82. The Kier molecular flexibility index (Phi) is 5.08. The van der Waals surface area contributed by atoms with E-state index >= 15 is 0 Å². The Hall–Kier alpha value is -3.86. The van der Waals surface area contributed by atoms with Crippen molar-refractivity contribution < 1.29 is 13.9 Å². The number of hydrogen-bond donors (Lipinski definition) is 0. The first-order valence-electron chi connectivity index (χ1n) is 11.3. The maximum absolute atomic E-state index is 13.8. The van der Waals surface area contributed by atoms with Gasteiger partial charge in [0, 0.05) is 11.8 Å². The van der Waals surface area contributed by atoms with Crippen LogP contribution < -0.4 is 15.1 Å². The quantitative estimate of drug-likeness (QED) is 0.373. The van der Waals surface area contributed by atoms with Gasteiger partial charge in [-0.1, -0.05) is 62.7 Å². The van der Waals surface area contributed by atoms with Gasteiger partial charge in [-0.3, -0.25) is 14.5 Å². The average Bonchev–Trinajstić information content (AvgIpc) is 3.11. The number of carbonyl (C=O) groups excluding carboxylic acids is 1. The Morgan fingerprint density at radius 2 is 1.68 bits per heavy atom. The summed E-state index contributed by atoms with van der Waals surface area (Å²) in [5.74, 6) is 0.380. The van der Waals surface area contributed by atoms with Crippen LogP contribution in [0.3, 0.4) is 0 Å². The molecular formula is C29H27NO4. The van der Waals surface area contributed by atoms with E-state index in [1.807, 2.05) is 49.4 Å². The van der Waals surface area contributed by atoms with E-state index in [1.165, 1.54) is 5.56 Å². The molecule has 3 aromatic carbocycles. The van der Waals surface area contributed by atoms with Crippen LogP contribution in [0.15, 0.2) is 75.9 Å². The molecule has 0 bridgehead atoms. The molecule has 0 aliphatic carbocycles. The summed E-state index contributed by atoms with van der Waals surface area (Å²) in [6, 6.07) is 20.3. The third-order valence-corrected chi connectivity index (χ3v) is 6.45. The Morgan fingerprint density at radius 1 is 0.941 bits per heavy atom. The van der Waals surface area contributed by atoms with Gasteiger partial charge in [-0.2, -0.15) is 0 Å². The lowest BCUT2D eigenvalue weighted by Gasteiger charge is -2.26. The normalized spacial score (nSPS) is 15.6. The summed E-state index contributed by atoms with van der Waals surface area (Å²) in [5, 5.41) is 0.482. The van der Waals surface area contributed by atoms with Crippen LogP contribution >= 0.6 is 0 Å². The molecule has 1 amide bonds. The van der Waals surface area contributed by atoms with Crippen LogP contribution in [0, 0.1) is 6.92 Å². The van der Waals surface area contributed by atoms with E-state index in [2.05, 4.69) is 32.9 Å². The van der Waals surface area contributed by atoms with E-state index in [0.717, 1.165) is 11.1 Å². The number of carbonyl (C=O) groups is 1. The summed E-state index contributed by atoms with van der Waals surface area (Å²) >= 11 is 0. The van der Waals surface area contributed by atoms with E-state index in [9.17, 15) is 9.59 Å². The number of hydrogen-bond acceptors (Lipinski definition) is 4. The zero-order valence-electron chi connectivity index (χ0n) is 20.0. The van der Waals surface area contributed by atoms with Crippen LogP contribution in [0.4, 0.5) is 5.69 Å². The van der Waals surface area contributed by atoms with Gasteiger partial charge >= 0.3 is 0 Å². The zero-order chi connectivity index (χ0) is 24.2. The number of anilines is 1. The number of fused-ring (bicyclic) bond motifs is 2. The second kappa shape index (κ2) is 7.87. The lowest BCUT2D eigenvalue weighted by atomic mass is 9.86. The minimum atomic E-state index is -0.607. The maximum Gasteiger partial charge on any atom is 0.295 e. The number of methoxy groups -OCH3 is 1. The summed E-state index contributed by atoms with van der Waals surface area (Å²) in [6.45, 7) is 8.40. The summed E-state index contributed by atoms with van der Waals surface area (Å²) in [7, 11) is 1.59. The molecule has 1 atom stereocenters. The SMILES string of the molecule is COc1cccc(N2C(=O)c3oc4ccc(C)cc4c(=O)c3C2c2ccc(C(C)(C)C)cc2)c1. The van der Waals surface area contributed by atoms with Gasteiger partial charge in [0.2, 0.25) is 5.76 Å². The fourth-order valence-corrected chi connectivity index (χ4v) is 4.59. The number of amides is 1. The number of ether oxygens (including phenoxy) is 1. The molecule has 0 saturated heterocycles. The molecule has 34 heavy (non-hydrogen) atoms. The molecule has 172 valence electrons. The van der Waals surface area contributed by atoms with Gasteiger partial charge in [-0.25, -0.2) is 0 Å². The molecule has 5 heteroatoms. The first-order chi connectivity index (χ1) is 16.2. The molecule has 0 spiro atoms. The topological polar surface area (TPSA) is 59.8 Å². The highest BCUT2D eigenvalue weighted by molar-refractivity contribution is 6.10. The van der Waals surface area contributed by atoms with Crippen molar-refractivity contribution in [2.24, 2.45) is 0 Å². The van der Waals surface area contributed by atoms with Gasteiger partial charge in [-0.15, -0.1) is 0 Å². The molecule has 1 unspecified atom stereocenters. The molecule has 0 saturated carbocycles. The van der Waals surface area contributed by atoms with E-state index in [1.54, 1.807) is 24.1 Å². The summed E-state index contributed by atoms with van der Waals surface area (Å²) in [6.07, 6.45) is 0. The van der Waals surface area contributed by atoms with E-state index < -0.39 is 6.04 Å². The van der Waals surface area contributed by atoms with E-state index in [0.29, 0.717) is 28.0 Å². The Bertz CT molecular complexity index is 1480. The van der Waals surface area contributed by atoms with Crippen LogP contribution in [-0.2, 0) is 5.41 Å². The van der Waals surface area contributed by atoms with Crippen molar-refractivity contribution in [2.45, 2.75) is 39.2 Å². The van der Waals surface area contributed by atoms with Crippen molar-refractivity contribution in [3.05, 3.63) is 105 Å². The monoisotopic (exact) mass is 453 g/mol. The third kappa shape index (κ3) is 3.48. The van der Waals surface area contributed by atoms with Gasteiger partial charge in [0.15, 0.2) is 5.43 Å². The summed E-state index contributed by atoms with van der Waals surface area (Å²) in [4.78, 5) is 29.1. The molecule has 2 heterocycles. The fourth-order valence-electron chi connectivity index (χ4n) is 4.59. The predicted molar refractivity (Wildman–Crippen MR) is 134 cm³/mol. The van der Waals surface area contributed by atoms with Crippen LogP contribution in [0.5, 0.6) is 5.75 Å². The summed E-state index contributed by atoms with van der Waals surface area (Å²) < 4.78 is 11.5. The van der Waals surface area contributed by atoms with Gasteiger partial charge < -0.3 is 9.15 Å². The van der Waals surface area contributed by atoms with Crippen molar-refractivity contribution in [3.63, 3.8) is 0 Å². The van der Waals surface area contributed by atoms with Crippen LogP contribution in [-0.4, -0.2) is 13.0 Å². The van der Waals surface area contributed by atoms with Crippen molar-refractivity contribution in [1.29, 1.82) is 0 Å². The molecule has 0 N–H and O–H groups in total. The van der Waals surface area contributed by atoms with Gasteiger partial charge in [0.1, 0.15) is 11.3 Å². The Balaban J connectivity index is 1.77. The highest BCUT2D eigenvalue weighted by atomic mass is 16.5. The largest absolute Gasteiger partial charge is 0.497 e. The van der Waals surface area contributed by atoms with E-state index in [4.69, 9.17) is 9.15 Å². The first-order valence-corrected chi connectivity index (χ1v) is 11.3. The van der Waals surface area contributed by atoms with Crippen LogP contribution in [0.2, 0.25) is 0 Å². The molecule has 5 rings (SSSR count). The second-order valence-corrected chi connectivity index (χ2v) is 9.82. The molecule has 0 fully saturated rings. The highest BCUT2D eigenvalue weighted by Crippen LogP contribution is 2.42. The zero-order valence-corrected chi connectivity index (χ0v) is 20.0. The van der Waals surface area contributed by atoms with Crippen molar-refractivity contribution in [3.8, 4) is 5.75 Å². The van der Waals surface area contributed by atoms with Crippen molar-refractivity contribution in [2.75, 3.05) is 12.0 Å². The van der Waals surface area contributed by atoms with Gasteiger partial charge in [-0.05, 0) is 47.7 Å². The molecule has 4 aromatic rings. The predicted octanol–water partition coefficient (Wildman–Crippen LogP) is 6.16. The molecular weight excluding hydrogens is 426 g/mol. The van der Waals surface area contributed by atoms with Gasteiger partial charge in [0.25, 0.3) is 5.91 Å². The Morgan fingerprint density at radius 3 is 2.35 bits per heavy atom. The first kappa shape index (κ1) is 22.0. The lowest BCUT2D eigenvalue weighted by Crippen LogP contribution is -2.29. The maximum atomic E-state index is 13.8. The van der Waals surface area contributed by atoms with Crippen molar-refractivity contribution in [1.82, 2.24) is 0 Å². The number of aryl methyl sites for hydroxylation is 1. The third-order valence-electron chi connectivity index (χ3n) is 6.45. The number of nitrogens with zero attached hydrogens (tertiary/aromatic N) is 1. The van der Waals surface area contributed by atoms with Crippen LogP contribution in [0.1, 0.15) is 59.6 Å². The average molecular weight is 454 g/mol. The fraction of sp³-hybridized carbons (Fsp3) is 0.241. The lowest BCUT2D eigenvalue weighted by molar-refractivity contribution is 0.0971. The molecule has 1 aromatic heterocycles. The summed E-state index contributed by atoms with van der Waals surface area (Å²) in [5.41, 5.74) is 4.22. The number of rotatable bonds is 3. The number of benzene rings is 3. The standard InChI is InChI=1S/C29H27NO4/c1-17-9-14-23-22(15-17)26(31)24-25(18-10-12-19(13-11-18)29(2,3)4)30(28(32)27(24)34-23)20-7-6-8-21(16-20)33-5/h6-16,25H,1-5H3. The minimum Gasteiger partial charge on any atom is -0.497 e. The molecule has 5 nitrogen and oxygen atoms in total.